The van der Waals surface area contributed by atoms with Gasteiger partial charge in [-0.1, -0.05) is 83.1 Å². The zero-order valence-electron chi connectivity index (χ0n) is 22.5. The fourth-order valence-corrected chi connectivity index (χ4v) is 5.86. The first-order chi connectivity index (χ1) is 12.8. The number of rotatable bonds is 9. The second kappa shape index (κ2) is 9.10. The SMILES string of the molecule is CC(C)(C)CC(C)(C)C(=O)OC(C(C)(C)CC(C)(C)C)C(C)(C)CC(C)(C)C(O)O. The van der Waals surface area contributed by atoms with E-state index in [0.29, 0.717) is 6.42 Å². The maximum absolute atomic E-state index is 13.4. The first kappa shape index (κ1) is 29.4. The molecule has 0 fully saturated rings. The number of esters is 1. The molecule has 0 aromatic carbocycles. The lowest BCUT2D eigenvalue weighted by atomic mass is 9.61. The molecule has 1 atom stereocenters. The molecule has 1 unspecified atom stereocenters. The zero-order chi connectivity index (χ0) is 24.6. The Morgan fingerprint density at radius 2 is 1.00 bits per heavy atom. The molecule has 4 heteroatoms. The van der Waals surface area contributed by atoms with E-state index < -0.39 is 22.5 Å². The summed E-state index contributed by atoms with van der Waals surface area (Å²) in [6.07, 6.45) is 0.323. The van der Waals surface area contributed by atoms with Crippen LogP contribution in [0.1, 0.15) is 116 Å². The van der Waals surface area contributed by atoms with Gasteiger partial charge in [-0.3, -0.25) is 4.79 Å². The molecule has 2 N–H and O–H groups in total. The third-order valence-corrected chi connectivity index (χ3v) is 5.77. The second-order valence-electron chi connectivity index (χ2n) is 14.7. The molecule has 0 bridgehead atoms. The molecule has 180 valence electrons. The van der Waals surface area contributed by atoms with E-state index in [1.54, 1.807) is 0 Å². The van der Waals surface area contributed by atoms with Gasteiger partial charge in [0.25, 0.3) is 0 Å². The number of carbonyl (C=O) groups is 1. The molecule has 0 heterocycles. The van der Waals surface area contributed by atoms with Gasteiger partial charge in [0.15, 0.2) is 6.29 Å². The van der Waals surface area contributed by atoms with Crippen LogP contribution in [0, 0.1) is 32.5 Å². The van der Waals surface area contributed by atoms with E-state index >= 15 is 0 Å². The summed E-state index contributed by atoms with van der Waals surface area (Å²) in [6.45, 7) is 29.1. The lowest BCUT2D eigenvalue weighted by Gasteiger charge is -2.49. The molecule has 0 spiro atoms. The first-order valence-corrected chi connectivity index (χ1v) is 11.4. The molecule has 0 rings (SSSR count). The van der Waals surface area contributed by atoms with Crippen LogP contribution in [-0.4, -0.2) is 28.6 Å². The van der Waals surface area contributed by atoms with Crippen molar-refractivity contribution in [3.63, 3.8) is 0 Å². The summed E-state index contributed by atoms with van der Waals surface area (Å²) in [5.41, 5.74) is -1.97. The minimum absolute atomic E-state index is 0.0114. The van der Waals surface area contributed by atoms with E-state index in [-0.39, 0.29) is 28.3 Å². The number of aliphatic hydroxyl groups is 2. The van der Waals surface area contributed by atoms with Crippen LogP contribution in [0.25, 0.3) is 0 Å². The fraction of sp³-hybridized carbons (Fsp3) is 0.962. The molecule has 0 amide bonds. The largest absolute Gasteiger partial charge is 0.461 e. The molecule has 0 aliphatic rings. The van der Waals surface area contributed by atoms with Crippen LogP contribution in [0.15, 0.2) is 0 Å². The molecular formula is C26H52O4. The number of aliphatic hydroxyl groups excluding tert-OH is 1. The van der Waals surface area contributed by atoms with Gasteiger partial charge in [-0.15, -0.1) is 0 Å². The van der Waals surface area contributed by atoms with Crippen LogP contribution < -0.4 is 0 Å². The number of ether oxygens (including phenoxy) is 1. The van der Waals surface area contributed by atoms with Crippen molar-refractivity contribution in [1.29, 1.82) is 0 Å². The maximum atomic E-state index is 13.4. The van der Waals surface area contributed by atoms with E-state index in [9.17, 15) is 15.0 Å². The number of hydrogen-bond donors (Lipinski definition) is 2. The van der Waals surface area contributed by atoms with E-state index in [0.717, 1.165) is 12.8 Å². The van der Waals surface area contributed by atoms with E-state index in [1.165, 1.54) is 0 Å². The first-order valence-electron chi connectivity index (χ1n) is 11.4. The maximum Gasteiger partial charge on any atom is 0.311 e. The molecule has 30 heavy (non-hydrogen) atoms. The van der Waals surface area contributed by atoms with Crippen LogP contribution in [0.3, 0.4) is 0 Å². The van der Waals surface area contributed by atoms with Gasteiger partial charge in [-0.25, -0.2) is 0 Å². The van der Waals surface area contributed by atoms with E-state index in [1.807, 2.05) is 27.7 Å². The fourth-order valence-electron chi connectivity index (χ4n) is 5.86. The summed E-state index contributed by atoms with van der Waals surface area (Å²) in [5, 5.41) is 19.8. The summed E-state index contributed by atoms with van der Waals surface area (Å²) >= 11 is 0. The zero-order valence-corrected chi connectivity index (χ0v) is 22.5. The van der Waals surface area contributed by atoms with E-state index in [2.05, 4.69) is 69.2 Å². The molecular weight excluding hydrogens is 376 g/mol. The van der Waals surface area contributed by atoms with Crippen molar-refractivity contribution in [3.8, 4) is 0 Å². The van der Waals surface area contributed by atoms with Gasteiger partial charge >= 0.3 is 5.97 Å². The normalized spacial score (nSPS) is 16.0. The number of hydrogen-bond acceptors (Lipinski definition) is 4. The van der Waals surface area contributed by atoms with Crippen LogP contribution in [-0.2, 0) is 9.53 Å². The molecule has 0 saturated heterocycles. The summed E-state index contributed by atoms with van der Waals surface area (Å²) in [6, 6.07) is 0. The van der Waals surface area contributed by atoms with Crippen molar-refractivity contribution in [2.24, 2.45) is 32.5 Å². The molecule has 0 aromatic rings. The molecule has 0 aliphatic heterocycles. The van der Waals surface area contributed by atoms with Gasteiger partial charge < -0.3 is 14.9 Å². The second-order valence-corrected chi connectivity index (χ2v) is 14.7. The average molecular weight is 429 g/mol. The summed E-state index contributed by atoms with van der Waals surface area (Å²) in [5.74, 6) is -0.181. The highest BCUT2D eigenvalue weighted by atomic mass is 16.5. The van der Waals surface area contributed by atoms with E-state index in [4.69, 9.17) is 4.74 Å². The quantitative estimate of drug-likeness (QED) is 0.322. The highest BCUT2D eigenvalue weighted by molar-refractivity contribution is 5.76. The Morgan fingerprint density at radius 1 is 0.633 bits per heavy atom. The Balaban J connectivity index is 6.12. The van der Waals surface area contributed by atoms with Crippen molar-refractivity contribution in [2.45, 2.75) is 129 Å². The Morgan fingerprint density at radius 3 is 1.33 bits per heavy atom. The van der Waals surface area contributed by atoms with Crippen molar-refractivity contribution < 1.29 is 19.7 Å². The topological polar surface area (TPSA) is 66.8 Å². The van der Waals surface area contributed by atoms with Gasteiger partial charge in [-0.05, 0) is 43.9 Å². The smallest absolute Gasteiger partial charge is 0.311 e. The Labute approximate surface area is 187 Å². The van der Waals surface area contributed by atoms with Gasteiger partial charge in [0.1, 0.15) is 6.10 Å². The minimum Gasteiger partial charge on any atom is -0.461 e. The highest BCUT2D eigenvalue weighted by Gasteiger charge is 2.49. The molecule has 0 aliphatic carbocycles. The summed E-state index contributed by atoms with van der Waals surface area (Å²) in [7, 11) is 0. The summed E-state index contributed by atoms with van der Waals surface area (Å²) < 4.78 is 6.36. The average Bonchev–Trinajstić information content (AvgIpc) is 2.36. The predicted octanol–water partition coefficient (Wildman–Crippen LogP) is 6.58. The minimum atomic E-state index is -1.43. The van der Waals surface area contributed by atoms with Crippen molar-refractivity contribution in [3.05, 3.63) is 0 Å². The summed E-state index contributed by atoms with van der Waals surface area (Å²) in [4.78, 5) is 13.4. The van der Waals surface area contributed by atoms with Crippen molar-refractivity contribution >= 4 is 5.97 Å². The Hall–Kier alpha value is -0.610. The van der Waals surface area contributed by atoms with Gasteiger partial charge in [0.2, 0.25) is 0 Å². The standard InChI is InChI=1S/C26H52O4/c1-21(2,3)15-23(7,8)18(24(9,10)17-25(11,12)19(27)28)30-20(29)26(13,14)16-22(4,5)6/h18-19,27-28H,15-17H2,1-14H3. The lowest BCUT2D eigenvalue weighted by molar-refractivity contribution is -0.189. The Bertz CT molecular complexity index is 569. The monoisotopic (exact) mass is 428 g/mol. The molecule has 0 radical (unpaired) electrons. The third-order valence-electron chi connectivity index (χ3n) is 5.77. The van der Waals surface area contributed by atoms with Crippen LogP contribution >= 0.6 is 0 Å². The lowest BCUT2D eigenvalue weighted by Crippen LogP contribution is -2.50. The van der Waals surface area contributed by atoms with Crippen LogP contribution in [0.4, 0.5) is 0 Å². The van der Waals surface area contributed by atoms with Crippen molar-refractivity contribution in [2.75, 3.05) is 0 Å². The van der Waals surface area contributed by atoms with Gasteiger partial charge in [-0.2, -0.15) is 0 Å². The number of carbonyl (C=O) groups excluding carboxylic acids is 1. The van der Waals surface area contributed by atoms with Crippen molar-refractivity contribution in [1.82, 2.24) is 0 Å². The van der Waals surface area contributed by atoms with Gasteiger partial charge in [0.05, 0.1) is 5.41 Å². The van der Waals surface area contributed by atoms with Gasteiger partial charge in [0, 0.05) is 16.2 Å². The van der Waals surface area contributed by atoms with Crippen LogP contribution in [0.2, 0.25) is 0 Å². The Kier molecular flexibility index (Phi) is 8.91. The van der Waals surface area contributed by atoms with Crippen LogP contribution in [0.5, 0.6) is 0 Å². The third kappa shape index (κ3) is 9.26. The highest BCUT2D eigenvalue weighted by Crippen LogP contribution is 2.49. The molecule has 4 nitrogen and oxygen atoms in total. The molecule has 0 saturated carbocycles. The predicted molar refractivity (Wildman–Crippen MR) is 126 cm³/mol. The molecule has 0 aromatic heterocycles.